The Hall–Kier alpha value is -2.33. The topological polar surface area (TPSA) is 32.8 Å². The third-order valence-corrected chi connectivity index (χ3v) is 5.80. The molecule has 1 atom stereocenters. The van der Waals surface area contributed by atoms with Crippen molar-refractivity contribution in [1.82, 2.24) is 9.80 Å². The molecule has 1 heterocycles. The molecule has 1 unspecified atom stereocenters. The molecule has 2 aromatic rings. The van der Waals surface area contributed by atoms with Crippen molar-refractivity contribution in [1.29, 1.82) is 0 Å². The molecular formula is C24H30N2O2. The second-order valence-corrected chi connectivity index (χ2v) is 7.91. The van der Waals surface area contributed by atoms with Gasteiger partial charge in [-0.1, -0.05) is 42.5 Å². The second kappa shape index (κ2) is 8.78. The number of amides is 1. The highest BCUT2D eigenvalue weighted by molar-refractivity contribution is 5.79. The summed E-state index contributed by atoms with van der Waals surface area (Å²) in [5.41, 5.74) is 2.36. The van der Waals surface area contributed by atoms with Crippen molar-refractivity contribution in [3.8, 4) is 5.75 Å². The fraction of sp³-hybridized carbons (Fsp3) is 0.458. The molecule has 4 heteroatoms. The Morgan fingerprint density at radius 3 is 2.43 bits per heavy atom. The van der Waals surface area contributed by atoms with Gasteiger partial charge in [-0.15, -0.1) is 0 Å². The summed E-state index contributed by atoms with van der Waals surface area (Å²) in [7, 11) is 0. The van der Waals surface area contributed by atoms with Gasteiger partial charge in [-0.05, 0) is 49.4 Å². The maximum atomic E-state index is 13.1. The van der Waals surface area contributed by atoms with Gasteiger partial charge in [-0.3, -0.25) is 9.69 Å². The van der Waals surface area contributed by atoms with Crippen LogP contribution in [-0.2, 0) is 17.6 Å². The zero-order valence-corrected chi connectivity index (χ0v) is 16.7. The highest BCUT2D eigenvalue weighted by Gasteiger charge is 2.37. The van der Waals surface area contributed by atoms with E-state index in [-0.39, 0.29) is 11.9 Å². The van der Waals surface area contributed by atoms with Crippen LogP contribution in [0.4, 0.5) is 0 Å². The fourth-order valence-corrected chi connectivity index (χ4v) is 4.19. The average molecular weight is 379 g/mol. The van der Waals surface area contributed by atoms with E-state index in [0.717, 1.165) is 43.4 Å². The standard InChI is InChI=1S/C24H30N2O2/c1-2-28-23-12-8-20(9-13-23)17-24(27)26-15-14-25(21-10-11-21)18-22(26)16-19-6-4-3-5-7-19/h3-9,12-13,21-22H,2,10-11,14-18H2,1H3. The summed E-state index contributed by atoms with van der Waals surface area (Å²) in [6, 6.07) is 19.5. The van der Waals surface area contributed by atoms with Crippen LogP contribution in [0.1, 0.15) is 30.9 Å². The number of nitrogens with zero attached hydrogens (tertiary/aromatic N) is 2. The van der Waals surface area contributed by atoms with Crippen molar-refractivity contribution in [2.24, 2.45) is 0 Å². The van der Waals surface area contributed by atoms with E-state index in [1.54, 1.807) is 0 Å². The highest BCUT2D eigenvalue weighted by atomic mass is 16.5. The van der Waals surface area contributed by atoms with E-state index >= 15 is 0 Å². The molecule has 2 aliphatic rings. The normalized spacial score (nSPS) is 20.2. The van der Waals surface area contributed by atoms with Crippen LogP contribution in [0, 0.1) is 0 Å². The van der Waals surface area contributed by atoms with Gasteiger partial charge in [0.1, 0.15) is 5.75 Å². The molecule has 1 saturated carbocycles. The SMILES string of the molecule is CCOc1ccc(CC(=O)N2CCN(C3CC3)CC2Cc2ccccc2)cc1. The van der Waals surface area contributed by atoms with E-state index < -0.39 is 0 Å². The Kier molecular flexibility index (Phi) is 5.96. The molecule has 28 heavy (non-hydrogen) atoms. The largest absolute Gasteiger partial charge is 0.494 e. The van der Waals surface area contributed by atoms with Crippen LogP contribution in [0.25, 0.3) is 0 Å². The predicted molar refractivity (Wildman–Crippen MR) is 112 cm³/mol. The monoisotopic (exact) mass is 378 g/mol. The van der Waals surface area contributed by atoms with Crippen molar-refractivity contribution >= 4 is 5.91 Å². The smallest absolute Gasteiger partial charge is 0.227 e. The van der Waals surface area contributed by atoms with Gasteiger partial charge in [-0.25, -0.2) is 0 Å². The van der Waals surface area contributed by atoms with Gasteiger partial charge in [0.2, 0.25) is 5.91 Å². The van der Waals surface area contributed by atoms with Crippen LogP contribution in [0.5, 0.6) is 5.75 Å². The van der Waals surface area contributed by atoms with Crippen molar-refractivity contribution in [3.05, 3.63) is 65.7 Å². The molecule has 0 bridgehead atoms. The molecule has 1 amide bonds. The summed E-state index contributed by atoms with van der Waals surface area (Å²) in [6.07, 6.45) is 4.02. The van der Waals surface area contributed by atoms with E-state index in [0.29, 0.717) is 13.0 Å². The van der Waals surface area contributed by atoms with Crippen LogP contribution in [0.15, 0.2) is 54.6 Å². The van der Waals surface area contributed by atoms with E-state index in [2.05, 4.69) is 40.1 Å². The summed E-state index contributed by atoms with van der Waals surface area (Å²) in [5, 5.41) is 0. The summed E-state index contributed by atoms with van der Waals surface area (Å²) < 4.78 is 5.50. The van der Waals surface area contributed by atoms with E-state index in [4.69, 9.17) is 4.74 Å². The van der Waals surface area contributed by atoms with Crippen LogP contribution < -0.4 is 4.74 Å². The Labute approximate surface area is 168 Å². The molecule has 148 valence electrons. The Morgan fingerprint density at radius 2 is 1.75 bits per heavy atom. The number of ether oxygens (including phenoxy) is 1. The van der Waals surface area contributed by atoms with E-state index in [1.807, 2.05) is 31.2 Å². The minimum absolute atomic E-state index is 0.237. The molecule has 0 N–H and O–H groups in total. The molecule has 2 fully saturated rings. The van der Waals surface area contributed by atoms with Crippen LogP contribution in [0.2, 0.25) is 0 Å². The van der Waals surface area contributed by atoms with Crippen molar-refractivity contribution in [2.75, 3.05) is 26.2 Å². The summed E-state index contributed by atoms with van der Waals surface area (Å²) in [5.74, 6) is 1.10. The van der Waals surface area contributed by atoms with Gasteiger partial charge in [0, 0.05) is 31.7 Å². The molecule has 1 saturated heterocycles. The molecule has 1 aliphatic carbocycles. The lowest BCUT2D eigenvalue weighted by molar-refractivity contribution is -0.135. The molecule has 4 nitrogen and oxygen atoms in total. The van der Waals surface area contributed by atoms with Crippen LogP contribution in [0.3, 0.4) is 0 Å². The van der Waals surface area contributed by atoms with Crippen molar-refractivity contribution in [3.63, 3.8) is 0 Å². The first-order valence-corrected chi connectivity index (χ1v) is 10.5. The van der Waals surface area contributed by atoms with Crippen LogP contribution >= 0.6 is 0 Å². The Morgan fingerprint density at radius 1 is 1.00 bits per heavy atom. The van der Waals surface area contributed by atoms with Crippen molar-refractivity contribution < 1.29 is 9.53 Å². The van der Waals surface area contributed by atoms with Crippen molar-refractivity contribution in [2.45, 2.75) is 44.7 Å². The third-order valence-electron chi connectivity index (χ3n) is 5.80. The maximum Gasteiger partial charge on any atom is 0.227 e. The third kappa shape index (κ3) is 4.74. The van der Waals surface area contributed by atoms with Gasteiger partial charge < -0.3 is 9.64 Å². The van der Waals surface area contributed by atoms with Gasteiger partial charge in [-0.2, -0.15) is 0 Å². The fourth-order valence-electron chi connectivity index (χ4n) is 4.19. The average Bonchev–Trinajstić information content (AvgIpc) is 3.56. The van der Waals surface area contributed by atoms with Gasteiger partial charge >= 0.3 is 0 Å². The number of rotatable bonds is 7. The number of carbonyl (C=O) groups excluding carboxylic acids is 1. The number of hydrogen-bond donors (Lipinski definition) is 0. The summed E-state index contributed by atoms with van der Waals surface area (Å²) in [6.45, 7) is 5.47. The highest BCUT2D eigenvalue weighted by Crippen LogP contribution is 2.30. The number of benzene rings is 2. The van der Waals surface area contributed by atoms with E-state index in [9.17, 15) is 4.79 Å². The van der Waals surface area contributed by atoms with Crippen LogP contribution in [-0.4, -0.2) is 54.0 Å². The first kappa shape index (κ1) is 19.0. The number of hydrogen-bond acceptors (Lipinski definition) is 3. The lowest BCUT2D eigenvalue weighted by Crippen LogP contribution is -2.56. The zero-order chi connectivity index (χ0) is 19.3. The Bertz CT molecular complexity index is 771. The maximum absolute atomic E-state index is 13.1. The Balaban J connectivity index is 1.44. The molecule has 2 aromatic carbocycles. The molecule has 1 aliphatic heterocycles. The zero-order valence-electron chi connectivity index (χ0n) is 16.7. The molecule has 0 spiro atoms. The molecule has 0 radical (unpaired) electrons. The summed E-state index contributed by atoms with van der Waals surface area (Å²) >= 11 is 0. The molecular weight excluding hydrogens is 348 g/mol. The number of piperazine rings is 1. The quantitative estimate of drug-likeness (QED) is 0.739. The first-order valence-electron chi connectivity index (χ1n) is 10.5. The van der Waals surface area contributed by atoms with Gasteiger partial charge in [0.25, 0.3) is 0 Å². The second-order valence-electron chi connectivity index (χ2n) is 7.91. The molecule has 0 aromatic heterocycles. The first-order chi connectivity index (χ1) is 13.7. The predicted octanol–water partition coefficient (Wildman–Crippen LogP) is 3.55. The minimum atomic E-state index is 0.237. The van der Waals surface area contributed by atoms with Gasteiger partial charge in [0.05, 0.1) is 13.0 Å². The van der Waals surface area contributed by atoms with Gasteiger partial charge in [0.15, 0.2) is 0 Å². The molecule has 4 rings (SSSR count). The van der Waals surface area contributed by atoms with E-state index in [1.165, 1.54) is 18.4 Å². The number of carbonyl (C=O) groups is 1. The lowest BCUT2D eigenvalue weighted by atomic mass is 10.0. The minimum Gasteiger partial charge on any atom is -0.494 e. The summed E-state index contributed by atoms with van der Waals surface area (Å²) in [4.78, 5) is 17.9. The lowest BCUT2D eigenvalue weighted by Gasteiger charge is -2.42.